The van der Waals surface area contributed by atoms with Gasteiger partial charge in [0, 0.05) is 23.9 Å². The van der Waals surface area contributed by atoms with Gasteiger partial charge in [0.2, 0.25) is 11.8 Å². The highest BCUT2D eigenvalue weighted by Gasteiger charge is 2.35. The first kappa shape index (κ1) is 24.8. The molecule has 1 aromatic heterocycles. The highest BCUT2D eigenvalue weighted by Crippen LogP contribution is 2.34. The van der Waals surface area contributed by atoms with Crippen LogP contribution in [0.5, 0.6) is 5.75 Å². The summed E-state index contributed by atoms with van der Waals surface area (Å²) in [5, 5.41) is 2.11. The van der Waals surface area contributed by atoms with Crippen LogP contribution in [0.1, 0.15) is 68.0 Å². The molecule has 184 valence electrons. The SMILES string of the molecule is Cc1ccc(OCC2c3ccsc3CCN2C(=O)CN(CCC(C)C)C(=O)C2CCCC2)cc1. The van der Waals surface area contributed by atoms with Crippen LogP contribution in [-0.2, 0) is 16.0 Å². The number of nitrogens with zero attached hydrogens (tertiary/aromatic N) is 2. The Morgan fingerprint density at radius 1 is 1.15 bits per heavy atom. The number of hydrogen-bond acceptors (Lipinski definition) is 4. The van der Waals surface area contributed by atoms with Crippen LogP contribution in [0.2, 0.25) is 0 Å². The maximum absolute atomic E-state index is 13.7. The normalized spacial score (nSPS) is 18.2. The maximum atomic E-state index is 13.7. The van der Waals surface area contributed by atoms with Gasteiger partial charge in [-0.2, -0.15) is 0 Å². The molecule has 6 heteroatoms. The number of aryl methyl sites for hydroxylation is 1. The van der Waals surface area contributed by atoms with Crippen LogP contribution in [0.4, 0.5) is 0 Å². The van der Waals surface area contributed by atoms with Crippen LogP contribution in [0.25, 0.3) is 0 Å². The molecule has 1 fully saturated rings. The Morgan fingerprint density at radius 2 is 1.88 bits per heavy atom. The van der Waals surface area contributed by atoms with Gasteiger partial charge in [-0.3, -0.25) is 9.59 Å². The van der Waals surface area contributed by atoms with E-state index >= 15 is 0 Å². The summed E-state index contributed by atoms with van der Waals surface area (Å²) in [7, 11) is 0. The Balaban J connectivity index is 1.48. The van der Waals surface area contributed by atoms with Gasteiger partial charge in [0.1, 0.15) is 12.4 Å². The van der Waals surface area contributed by atoms with Crippen LogP contribution >= 0.6 is 11.3 Å². The number of carbonyl (C=O) groups is 2. The Hall–Kier alpha value is -2.34. The van der Waals surface area contributed by atoms with Crippen LogP contribution in [0.3, 0.4) is 0 Å². The number of fused-ring (bicyclic) bond motifs is 1. The average molecular weight is 483 g/mol. The molecule has 2 amide bonds. The van der Waals surface area contributed by atoms with Gasteiger partial charge < -0.3 is 14.5 Å². The topological polar surface area (TPSA) is 49.9 Å². The van der Waals surface area contributed by atoms with Crippen LogP contribution < -0.4 is 4.74 Å². The summed E-state index contributed by atoms with van der Waals surface area (Å²) in [6.45, 7) is 8.30. The van der Waals surface area contributed by atoms with Crippen LogP contribution in [0.15, 0.2) is 35.7 Å². The molecule has 1 unspecified atom stereocenters. The van der Waals surface area contributed by atoms with Crippen molar-refractivity contribution in [2.45, 2.75) is 65.3 Å². The molecule has 1 aliphatic heterocycles. The van der Waals surface area contributed by atoms with E-state index in [1.165, 1.54) is 16.0 Å². The quantitative estimate of drug-likeness (QED) is 0.466. The smallest absolute Gasteiger partial charge is 0.242 e. The third-order valence-electron chi connectivity index (χ3n) is 7.16. The van der Waals surface area contributed by atoms with Gasteiger partial charge in [-0.1, -0.05) is 44.4 Å². The fraction of sp³-hybridized carbons (Fsp3) is 0.571. The number of hydrogen-bond donors (Lipinski definition) is 0. The molecule has 34 heavy (non-hydrogen) atoms. The molecule has 0 bridgehead atoms. The van der Waals surface area contributed by atoms with Crippen molar-refractivity contribution in [2.24, 2.45) is 11.8 Å². The highest BCUT2D eigenvalue weighted by atomic mass is 32.1. The minimum atomic E-state index is -0.127. The van der Waals surface area contributed by atoms with Crippen molar-refractivity contribution in [3.05, 3.63) is 51.7 Å². The second kappa shape index (κ2) is 11.4. The number of benzene rings is 1. The summed E-state index contributed by atoms with van der Waals surface area (Å²) in [6, 6.07) is 10.0. The lowest BCUT2D eigenvalue weighted by molar-refractivity contribution is -0.144. The zero-order valence-corrected chi connectivity index (χ0v) is 21.6. The second-order valence-electron chi connectivity index (χ2n) is 10.2. The Kier molecular flexibility index (Phi) is 8.30. The number of ether oxygens (including phenoxy) is 1. The zero-order chi connectivity index (χ0) is 24.1. The average Bonchev–Trinajstić information content (AvgIpc) is 3.53. The summed E-state index contributed by atoms with van der Waals surface area (Å²) in [6.07, 6.45) is 5.94. The predicted octanol–water partition coefficient (Wildman–Crippen LogP) is 5.63. The summed E-state index contributed by atoms with van der Waals surface area (Å²) in [5.41, 5.74) is 2.38. The number of thiophene rings is 1. The van der Waals surface area contributed by atoms with Crippen molar-refractivity contribution < 1.29 is 14.3 Å². The summed E-state index contributed by atoms with van der Waals surface area (Å²) >= 11 is 1.76. The monoisotopic (exact) mass is 482 g/mol. The maximum Gasteiger partial charge on any atom is 0.242 e. The molecule has 0 N–H and O–H groups in total. The van der Waals surface area contributed by atoms with E-state index in [0.29, 0.717) is 25.6 Å². The minimum Gasteiger partial charge on any atom is -0.491 e. The molecule has 1 aliphatic carbocycles. The van der Waals surface area contributed by atoms with Crippen LogP contribution in [0, 0.1) is 18.8 Å². The lowest BCUT2D eigenvalue weighted by Crippen LogP contribution is -2.49. The molecule has 2 heterocycles. The first-order valence-electron chi connectivity index (χ1n) is 12.8. The fourth-order valence-corrected chi connectivity index (χ4v) is 5.98. The van der Waals surface area contributed by atoms with E-state index in [2.05, 4.69) is 32.2 Å². The lowest BCUT2D eigenvalue weighted by Gasteiger charge is -2.37. The van der Waals surface area contributed by atoms with Crippen molar-refractivity contribution in [3.63, 3.8) is 0 Å². The van der Waals surface area contributed by atoms with Gasteiger partial charge in [0.25, 0.3) is 0 Å². The molecule has 2 aliphatic rings. The van der Waals surface area contributed by atoms with Crippen molar-refractivity contribution in [3.8, 4) is 5.75 Å². The molecule has 4 rings (SSSR count). The first-order valence-corrected chi connectivity index (χ1v) is 13.6. The number of carbonyl (C=O) groups excluding carboxylic acids is 2. The number of rotatable bonds is 9. The largest absolute Gasteiger partial charge is 0.491 e. The van der Waals surface area contributed by atoms with Gasteiger partial charge in [-0.25, -0.2) is 0 Å². The van der Waals surface area contributed by atoms with Gasteiger partial charge in [-0.15, -0.1) is 11.3 Å². The van der Waals surface area contributed by atoms with E-state index in [1.807, 2.05) is 34.1 Å². The third kappa shape index (κ3) is 6.01. The molecule has 2 aromatic rings. The van der Waals surface area contributed by atoms with E-state index in [9.17, 15) is 9.59 Å². The van der Waals surface area contributed by atoms with E-state index in [1.54, 1.807) is 11.3 Å². The third-order valence-corrected chi connectivity index (χ3v) is 8.16. The molecule has 5 nitrogen and oxygen atoms in total. The Labute approximate surface area is 208 Å². The molecule has 1 aromatic carbocycles. The van der Waals surface area contributed by atoms with Crippen molar-refractivity contribution in [2.75, 3.05) is 26.2 Å². The van der Waals surface area contributed by atoms with Crippen molar-refractivity contribution in [1.82, 2.24) is 9.80 Å². The van der Waals surface area contributed by atoms with Crippen molar-refractivity contribution in [1.29, 1.82) is 0 Å². The van der Waals surface area contributed by atoms with E-state index in [4.69, 9.17) is 4.74 Å². The molecule has 0 radical (unpaired) electrons. The highest BCUT2D eigenvalue weighted by molar-refractivity contribution is 7.10. The molecule has 1 saturated carbocycles. The molecular formula is C28H38N2O3S. The van der Waals surface area contributed by atoms with Gasteiger partial charge in [0.05, 0.1) is 12.6 Å². The lowest BCUT2D eigenvalue weighted by atomic mass is 10.00. The van der Waals surface area contributed by atoms with E-state index in [-0.39, 0.29) is 30.3 Å². The second-order valence-corrected chi connectivity index (χ2v) is 11.2. The molecule has 0 saturated heterocycles. The van der Waals surface area contributed by atoms with E-state index < -0.39 is 0 Å². The molecule has 1 atom stereocenters. The van der Waals surface area contributed by atoms with E-state index in [0.717, 1.165) is 44.3 Å². The Morgan fingerprint density at radius 3 is 2.59 bits per heavy atom. The molecule has 0 spiro atoms. The van der Waals surface area contributed by atoms with Crippen LogP contribution in [-0.4, -0.2) is 47.9 Å². The standard InChI is InChI=1S/C28H38N2O3S/c1-20(2)12-15-29(28(32)22-6-4-5-7-22)18-27(31)30-16-13-26-24(14-17-34-26)25(30)19-33-23-10-8-21(3)9-11-23/h8-11,14,17,20,22,25H,4-7,12-13,15-16,18-19H2,1-3H3. The fourth-order valence-electron chi connectivity index (χ4n) is 5.05. The van der Waals surface area contributed by atoms with Gasteiger partial charge in [-0.05, 0) is 67.7 Å². The first-order chi connectivity index (χ1) is 16.4. The van der Waals surface area contributed by atoms with Crippen molar-refractivity contribution >= 4 is 23.2 Å². The predicted molar refractivity (Wildman–Crippen MR) is 137 cm³/mol. The summed E-state index contributed by atoms with van der Waals surface area (Å²) in [4.78, 5) is 32.1. The zero-order valence-electron chi connectivity index (χ0n) is 20.8. The summed E-state index contributed by atoms with van der Waals surface area (Å²) in [5.74, 6) is 1.60. The minimum absolute atomic E-state index is 0.0319. The number of amides is 2. The van der Waals surface area contributed by atoms with Gasteiger partial charge >= 0.3 is 0 Å². The van der Waals surface area contributed by atoms with Gasteiger partial charge in [0.15, 0.2) is 0 Å². The summed E-state index contributed by atoms with van der Waals surface area (Å²) < 4.78 is 6.15. The molecular weight excluding hydrogens is 444 g/mol. The Bertz CT molecular complexity index is 962.